The molecule has 0 aromatic carbocycles. The second kappa shape index (κ2) is 6.87. The number of aliphatic hydroxyl groups excluding tert-OH is 2. The van der Waals surface area contributed by atoms with Gasteiger partial charge in [0.05, 0.1) is 12.2 Å². The van der Waals surface area contributed by atoms with Crippen LogP contribution >= 0.6 is 0 Å². The summed E-state index contributed by atoms with van der Waals surface area (Å²) in [6, 6.07) is 0. The van der Waals surface area contributed by atoms with E-state index < -0.39 is 6.10 Å². The quantitative estimate of drug-likeness (QED) is 0.442. The van der Waals surface area contributed by atoms with Crippen LogP contribution in [0.3, 0.4) is 0 Å². The number of ketones is 1. The van der Waals surface area contributed by atoms with Crippen LogP contribution in [0.4, 0.5) is 0 Å². The number of carbonyl (C=O) groups is 1. The summed E-state index contributed by atoms with van der Waals surface area (Å²) in [4.78, 5) is 12.8. The maximum Gasteiger partial charge on any atom is 0.138 e. The molecule has 3 heteroatoms. The average Bonchev–Trinajstić information content (AvgIpc) is 2.69. The van der Waals surface area contributed by atoms with E-state index in [0.29, 0.717) is 18.3 Å². The summed E-state index contributed by atoms with van der Waals surface area (Å²) in [5, 5.41) is 22.8. The molecule has 0 aromatic rings. The average molecular weight is 459 g/mol. The van der Waals surface area contributed by atoms with Crippen molar-refractivity contribution in [3.05, 3.63) is 0 Å². The largest absolute Gasteiger partial charge is 0.393 e. The molecule has 5 fully saturated rings. The van der Waals surface area contributed by atoms with E-state index in [1.807, 2.05) is 0 Å². The van der Waals surface area contributed by atoms with Gasteiger partial charge >= 0.3 is 0 Å². The fraction of sp³-hybridized carbons (Fsp3) is 0.967. The maximum absolute atomic E-state index is 12.8. The van der Waals surface area contributed by atoms with Gasteiger partial charge in [-0.1, -0.05) is 55.4 Å². The van der Waals surface area contributed by atoms with E-state index in [9.17, 15) is 15.0 Å². The van der Waals surface area contributed by atoms with E-state index in [1.165, 1.54) is 25.7 Å². The van der Waals surface area contributed by atoms with Gasteiger partial charge in [0.15, 0.2) is 0 Å². The van der Waals surface area contributed by atoms with Crippen LogP contribution in [0, 0.1) is 56.2 Å². The first kappa shape index (κ1) is 24.3. The van der Waals surface area contributed by atoms with Gasteiger partial charge in [0, 0.05) is 12.3 Å². The normalized spacial score (nSPS) is 60.2. The number of hydrogen-bond donors (Lipinski definition) is 2. The van der Waals surface area contributed by atoms with Crippen molar-refractivity contribution in [3.8, 4) is 0 Å². The number of rotatable bonds is 0. The van der Waals surface area contributed by atoms with Crippen LogP contribution in [0.5, 0.6) is 0 Å². The molecule has 2 N–H and O–H groups in total. The third kappa shape index (κ3) is 2.85. The lowest BCUT2D eigenvalue weighted by Crippen LogP contribution is -2.70. The number of Topliss-reactive ketones (excluding diaryl/α,β-unsaturated/α-hetero) is 1. The van der Waals surface area contributed by atoms with Crippen molar-refractivity contribution in [1.82, 2.24) is 0 Å². The highest BCUT2D eigenvalue weighted by atomic mass is 16.3. The van der Waals surface area contributed by atoms with Gasteiger partial charge in [0.25, 0.3) is 0 Å². The van der Waals surface area contributed by atoms with Crippen molar-refractivity contribution in [2.75, 3.05) is 0 Å². The number of aliphatic hydroxyl groups is 2. The topological polar surface area (TPSA) is 57.5 Å². The molecule has 0 heterocycles. The molecule has 188 valence electrons. The first-order valence-electron chi connectivity index (χ1n) is 13.9. The van der Waals surface area contributed by atoms with Crippen LogP contribution < -0.4 is 0 Å². The molecule has 11 unspecified atom stereocenters. The zero-order valence-corrected chi connectivity index (χ0v) is 22.6. The molecular weight excluding hydrogens is 408 g/mol. The zero-order valence-electron chi connectivity index (χ0n) is 22.6. The number of hydrogen-bond acceptors (Lipinski definition) is 3. The number of fused-ring (bicyclic) bond motifs is 7. The highest BCUT2D eigenvalue weighted by Gasteiger charge is 2.72. The molecule has 5 saturated carbocycles. The van der Waals surface area contributed by atoms with E-state index in [0.717, 1.165) is 25.7 Å². The van der Waals surface area contributed by atoms with Crippen molar-refractivity contribution in [2.24, 2.45) is 56.2 Å². The van der Waals surface area contributed by atoms with E-state index in [4.69, 9.17) is 0 Å². The molecule has 5 aliphatic rings. The van der Waals surface area contributed by atoms with Crippen LogP contribution in [-0.2, 0) is 4.79 Å². The lowest BCUT2D eigenvalue weighted by atomic mass is 9.29. The van der Waals surface area contributed by atoms with Crippen molar-refractivity contribution in [1.29, 1.82) is 0 Å². The molecule has 0 spiro atoms. The van der Waals surface area contributed by atoms with Gasteiger partial charge in [-0.3, -0.25) is 4.79 Å². The van der Waals surface area contributed by atoms with Gasteiger partial charge < -0.3 is 10.2 Å². The Morgan fingerprint density at radius 3 is 1.94 bits per heavy atom. The molecule has 5 aliphatic carbocycles. The Balaban J connectivity index is 1.58. The van der Waals surface area contributed by atoms with Crippen molar-refractivity contribution >= 4 is 5.78 Å². The zero-order chi connectivity index (χ0) is 24.4. The molecule has 0 amide bonds. The van der Waals surface area contributed by atoms with E-state index in [1.54, 1.807) is 0 Å². The Labute approximate surface area is 202 Å². The minimum atomic E-state index is -0.497. The molecule has 33 heavy (non-hydrogen) atoms. The minimum absolute atomic E-state index is 0.0198. The van der Waals surface area contributed by atoms with E-state index in [2.05, 4.69) is 55.4 Å². The smallest absolute Gasteiger partial charge is 0.138 e. The molecule has 0 aliphatic heterocycles. The Kier molecular flexibility index (Phi) is 5.06. The van der Waals surface area contributed by atoms with Crippen LogP contribution in [0.15, 0.2) is 0 Å². The van der Waals surface area contributed by atoms with Crippen LogP contribution in [0.2, 0.25) is 0 Å². The second-order valence-electron chi connectivity index (χ2n) is 15.5. The van der Waals surface area contributed by atoms with Gasteiger partial charge in [0.1, 0.15) is 5.78 Å². The SMILES string of the molecule is CC1C(=O)CC(O)C2C1(C)CCC1C2(C)CCC2(C)C3CC(C)(C)CC(O)C3(C)CCC12C. The Morgan fingerprint density at radius 2 is 1.30 bits per heavy atom. The summed E-state index contributed by atoms with van der Waals surface area (Å²) in [7, 11) is 0. The highest BCUT2D eigenvalue weighted by Crippen LogP contribution is 2.78. The van der Waals surface area contributed by atoms with Crippen LogP contribution in [0.1, 0.15) is 113 Å². The summed E-state index contributed by atoms with van der Waals surface area (Å²) in [5.41, 5.74) is 0.612. The first-order chi connectivity index (χ1) is 15.1. The molecule has 0 saturated heterocycles. The van der Waals surface area contributed by atoms with Gasteiger partial charge in [-0.25, -0.2) is 0 Å². The Hall–Kier alpha value is -0.410. The summed E-state index contributed by atoms with van der Waals surface area (Å²) in [6.07, 6.45) is 8.64. The highest BCUT2D eigenvalue weighted by molar-refractivity contribution is 5.83. The lowest BCUT2D eigenvalue weighted by Gasteiger charge is -2.75. The van der Waals surface area contributed by atoms with Gasteiger partial charge in [-0.05, 0) is 102 Å². The second-order valence-corrected chi connectivity index (χ2v) is 15.5. The third-order valence-corrected chi connectivity index (χ3v) is 13.7. The predicted molar refractivity (Wildman–Crippen MR) is 133 cm³/mol. The maximum atomic E-state index is 12.8. The monoisotopic (exact) mass is 458 g/mol. The van der Waals surface area contributed by atoms with Crippen molar-refractivity contribution in [2.45, 2.75) is 125 Å². The fourth-order valence-electron chi connectivity index (χ4n) is 11.4. The van der Waals surface area contributed by atoms with Gasteiger partial charge in [0.2, 0.25) is 0 Å². The van der Waals surface area contributed by atoms with Gasteiger partial charge in [-0.2, -0.15) is 0 Å². The van der Waals surface area contributed by atoms with Crippen LogP contribution in [0.25, 0.3) is 0 Å². The lowest BCUT2D eigenvalue weighted by molar-refractivity contribution is -0.279. The predicted octanol–water partition coefficient (Wildman–Crippen LogP) is 6.40. The summed E-state index contributed by atoms with van der Waals surface area (Å²) in [5.74, 6) is 1.64. The summed E-state index contributed by atoms with van der Waals surface area (Å²) < 4.78 is 0. The fourth-order valence-corrected chi connectivity index (χ4v) is 11.4. The molecule has 11 atom stereocenters. The summed E-state index contributed by atoms with van der Waals surface area (Å²) in [6.45, 7) is 19.2. The number of carbonyl (C=O) groups excluding carboxylic acids is 1. The molecule has 0 bridgehead atoms. The molecule has 0 aromatic heterocycles. The van der Waals surface area contributed by atoms with E-state index >= 15 is 0 Å². The molecule has 3 nitrogen and oxygen atoms in total. The van der Waals surface area contributed by atoms with Crippen LogP contribution in [-0.4, -0.2) is 28.2 Å². The minimum Gasteiger partial charge on any atom is -0.393 e. The third-order valence-electron chi connectivity index (χ3n) is 13.7. The van der Waals surface area contributed by atoms with E-state index in [-0.39, 0.29) is 56.2 Å². The summed E-state index contributed by atoms with van der Waals surface area (Å²) >= 11 is 0. The van der Waals surface area contributed by atoms with Crippen molar-refractivity contribution in [3.63, 3.8) is 0 Å². The molecule has 0 radical (unpaired) electrons. The molecule has 5 rings (SSSR count). The van der Waals surface area contributed by atoms with Gasteiger partial charge in [-0.15, -0.1) is 0 Å². The Morgan fingerprint density at radius 1 is 0.727 bits per heavy atom. The molecular formula is C30H50O3. The Bertz CT molecular complexity index is 849. The standard InChI is InChI=1S/C30H50O3/c1-18-19(31)15-20(32)24-26(18,4)10-9-21-28(24,6)12-14-30(8)22-16-25(2,3)17-23(33)27(22,5)11-13-29(21,30)7/h18,20-24,32-33H,9-17H2,1-8H3. The first-order valence-corrected chi connectivity index (χ1v) is 13.9. The van der Waals surface area contributed by atoms with Crippen molar-refractivity contribution < 1.29 is 15.0 Å².